The summed E-state index contributed by atoms with van der Waals surface area (Å²) in [5.74, 6) is 1.42. The third kappa shape index (κ3) is 1.80. The van der Waals surface area contributed by atoms with Crippen molar-refractivity contribution < 1.29 is 9.13 Å². The van der Waals surface area contributed by atoms with Crippen molar-refractivity contribution in [2.24, 2.45) is 0 Å². The standard InChI is InChI=1S/C12H6ClFOTe/c13-7-1-3-9-11(5-7)16-12-6-8(14)2-4-10(12)15-9/h1-6H. The van der Waals surface area contributed by atoms with Crippen LogP contribution in [0.4, 0.5) is 4.39 Å². The maximum atomic E-state index is 13.1. The summed E-state index contributed by atoms with van der Waals surface area (Å²) in [6.07, 6.45) is 0. The van der Waals surface area contributed by atoms with Crippen LogP contribution < -0.4 is 12.0 Å². The second-order valence-corrected chi connectivity index (χ2v) is 6.92. The summed E-state index contributed by atoms with van der Waals surface area (Å²) < 4.78 is 20.9. The summed E-state index contributed by atoms with van der Waals surface area (Å²) in [5, 5.41) is 0.701. The van der Waals surface area contributed by atoms with Crippen LogP contribution in [0.1, 0.15) is 0 Å². The topological polar surface area (TPSA) is 9.23 Å². The van der Waals surface area contributed by atoms with E-state index in [2.05, 4.69) is 0 Å². The monoisotopic (exact) mass is 350 g/mol. The Morgan fingerprint density at radius 3 is 2.50 bits per heavy atom. The van der Waals surface area contributed by atoms with Crippen molar-refractivity contribution in [2.45, 2.75) is 0 Å². The molecule has 4 heteroatoms. The van der Waals surface area contributed by atoms with E-state index in [1.165, 1.54) is 6.07 Å². The summed E-state index contributed by atoms with van der Waals surface area (Å²) in [5.41, 5.74) is 0. The Morgan fingerprint density at radius 2 is 1.69 bits per heavy atom. The van der Waals surface area contributed by atoms with Gasteiger partial charge < -0.3 is 0 Å². The average molecular weight is 348 g/mol. The van der Waals surface area contributed by atoms with Gasteiger partial charge in [-0.25, -0.2) is 0 Å². The van der Waals surface area contributed by atoms with Gasteiger partial charge in [-0.2, -0.15) is 0 Å². The third-order valence-electron chi connectivity index (χ3n) is 2.25. The van der Waals surface area contributed by atoms with E-state index in [-0.39, 0.29) is 5.82 Å². The van der Waals surface area contributed by atoms with Gasteiger partial charge in [0.15, 0.2) is 0 Å². The van der Waals surface area contributed by atoms with Crippen LogP contribution >= 0.6 is 11.6 Å². The Hall–Kier alpha value is -0.750. The molecule has 1 heterocycles. The fourth-order valence-electron chi connectivity index (χ4n) is 1.53. The number of hydrogen-bond donors (Lipinski definition) is 0. The van der Waals surface area contributed by atoms with Crippen LogP contribution in [-0.4, -0.2) is 20.9 Å². The first-order valence-corrected chi connectivity index (χ1v) is 7.38. The normalized spacial score (nSPS) is 12.6. The van der Waals surface area contributed by atoms with Gasteiger partial charge in [0, 0.05) is 0 Å². The van der Waals surface area contributed by atoms with Crippen LogP contribution in [0, 0.1) is 5.82 Å². The van der Waals surface area contributed by atoms with Gasteiger partial charge in [0.1, 0.15) is 0 Å². The van der Waals surface area contributed by atoms with Crippen molar-refractivity contribution in [3.05, 3.63) is 47.2 Å². The molecule has 0 unspecified atom stereocenters. The number of ether oxygens (including phenoxy) is 1. The molecule has 0 aromatic heterocycles. The summed E-state index contributed by atoms with van der Waals surface area (Å²) in [4.78, 5) is 0. The minimum absolute atomic E-state index is 0.210. The van der Waals surface area contributed by atoms with Crippen molar-refractivity contribution >= 4 is 39.7 Å². The van der Waals surface area contributed by atoms with Gasteiger partial charge in [-0.3, -0.25) is 0 Å². The van der Waals surface area contributed by atoms with Crippen LogP contribution in [0.3, 0.4) is 0 Å². The van der Waals surface area contributed by atoms with E-state index < -0.39 is 20.9 Å². The van der Waals surface area contributed by atoms with Gasteiger partial charge >= 0.3 is 108 Å². The molecular weight excluding hydrogens is 342 g/mol. The molecule has 0 amide bonds. The summed E-state index contributed by atoms with van der Waals surface area (Å²) >= 11 is 5.33. The molecule has 0 atom stereocenters. The molecule has 2 aromatic carbocycles. The van der Waals surface area contributed by atoms with Gasteiger partial charge in [-0.15, -0.1) is 0 Å². The van der Waals surface area contributed by atoms with Crippen molar-refractivity contribution in [1.82, 2.24) is 0 Å². The number of hydrogen-bond acceptors (Lipinski definition) is 1. The second-order valence-electron chi connectivity index (χ2n) is 3.39. The first-order valence-electron chi connectivity index (χ1n) is 4.67. The van der Waals surface area contributed by atoms with E-state index in [9.17, 15) is 4.39 Å². The molecular formula is C12H6ClFOTe. The van der Waals surface area contributed by atoms with E-state index in [0.717, 1.165) is 18.7 Å². The average Bonchev–Trinajstić information content (AvgIpc) is 2.26. The zero-order chi connectivity index (χ0) is 11.1. The molecule has 0 N–H and O–H groups in total. The molecule has 2 aromatic rings. The second kappa shape index (κ2) is 3.92. The Bertz CT molecular complexity index is 521. The van der Waals surface area contributed by atoms with E-state index in [1.807, 2.05) is 18.2 Å². The Kier molecular flexibility index (Phi) is 2.55. The number of rotatable bonds is 0. The Labute approximate surface area is 107 Å². The maximum absolute atomic E-state index is 13.1. The van der Waals surface area contributed by atoms with Crippen molar-refractivity contribution in [3.8, 4) is 11.5 Å². The van der Waals surface area contributed by atoms with Gasteiger partial charge in [0.2, 0.25) is 0 Å². The first-order chi connectivity index (χ1) is 7.72. The van der Waals surface area contributed by atoms with Crippen LogP contribution in [0.25, 0.3) is 0 Å². The molecule has 1 aliphatic heterocycles. The molecule has 0 fully saturated rings. The number of halogens is 2. The molecule has 0 saturated carbocycles. The van der Waals surface area contributed by atoms with Crippen LogP contribution in [-0.2, 0) is 0 Å². The van der Waals surface area contributed by atoms with Crippen molar-refractivity contribution in [1.29, 1.82) is 0 Å². The molecule has 1 aliphatic rings. The molecule has 0 radical (unpaired) electrons. The summed E-state index contributed by atoms with van der Waals surface area (Å²) in [7, 11) is 0. The van der Waals surface area contributed by atoms with Gasteiger partial charge in [0.05, 0.1) is 0 Å². The Balaban J connectivity index is 2.10. The molecule has 1 nitrogen and oxygen atoms in total. The van der Waals surface area contributed by atoms with Gasteiger partial charge in [-0.05, 0) is 0 Å². The predicted molar refractivity (Wildman–Crippen MR) is 62.9 cm³/mol. The predicted octanol–water partition coefficient (Wildman–Crippen LogP) is 2.24. The number of fused-ring (bicyclic) bond motifs is 2. The fraction of sp³-hybridized carbons (Fsp3) is 0. The molecule has 16 heavy (non-hydrogen) atoms. The van der Waals surface area contributed by atoms with E-state index in [1.54, 1.807) is 12.1 Å². The van der Waals surface area contributed by atoms with Gasteiger partial charge in [0.25, 0.3) is 0 Å². The quantitative estimate of drug-likeness (QED) is 0.567. The zero-order valence-corrected chi connectivity index (χ0v) is 11.1. The first kappa shape index (κ1) is 10.4. The van der Waals surface area contributed by atoms with E-state index >= 15 is 0 Å². The third-order valence-corrected chi connectivity index (χ3v) is 5.56. The molecule has 3 rings (SSSR count). The summed E-state index contributed by atoms with van der Waals surface area (Å²) in [6.45, 7) is 0. The SMILES string of the molecule is Fc1ccc2c(c1)[Te]c1cc(Cl)ccc1O2. The Morgan fingerprint density at radius 1 is 1.00 bits per heavy atom. The molecule has 0 bridgehead atoms. The minimum atomic E-state index is -0.601. The molecule has 0 spiro atoms. The fourth-order valence-corrected chi connectivity index (χ4v) is 4.80. The molecule has 0 saturated heterocycles. The van der Waals surface area contributed by atoms with Gasteiger partial charge in [-0.1, -0.05) is 0 Å². The van der Waals surface area contributed by atoms with E-state index in [0.29, 0.717) is 5.02 Å². The van der Waals surface area contributed by atoms with E-state index in [4.69, 9.17) is 16.3 Å². The van der Waals surface area contributed by atoms with Crippen molar-refractivity contribution in [3.63, 3.8) is 0 Å². The van der Waals surface area contributed by atoms with Crippen LogP contribution in [0.15, 0.2) is 36.4 Å². The molecule has 0 aliphatic carbocycles. The zero-order valence-electron chi connectivity index (χ0n) is 8.04. The molecule has 80 valence electrons. The van der Waals surface area contributed by atoms with Crippen LogP contribution in [0.5, 0.6) is 11.5 Å². The van der Waals surface area contributed by atoms with Crippen LogP contribution in [0.2, 0.25) is 5.02 Å². The number of benzene rings is 2. The summed E-state index contributed by atoms with van der Waals surface area (Å²) in [6, 6.07) is 10.3. The van der Waals surface area contributed by atoms with Crippen molar-refractivity contribution in [2.75, 3.05) is 0 Å².